The number of amides is 1. The summed E-state index contributed by atoms with van der Waals surface area (Å²) in [4.78, 5) is 28.2. The molecule has 5 rings (SSSR count). The Labute approximate surface area is 208 Å². The first-order chi connectivity index (χ1) is 16.9. The summed E-state index contributed by atoms with van der Waals surface area (Å²) in [5.41, 5.74) is 0.447. The first-order valence-electron chi connectivity index (χ1n) is 11.3. The van der Waals surface area contributed by atoms with Gasteiger partial charge < -0.3 is 10.2 Å². The lowest BCUT2D eigenvalue weighted by Crippen LogP contribution is -2.47. The average Bonchev–Trinajstić information content (AvgIpc) is 3.62. The minimum absolute atomic E-state index is 0.0198. The zero-order chi connectivity index (χ0) is 26.0. The van der Waals surface area contributed by atoms with Crippen LogP contribution in [0.25, 0.3) is 0 Å². The number of ketones is 1. The maximum atomic E-state index is 14.1. The molecule has 0 bridgehead atoms. The Kier molecular flexibility index (Phi) is 5.71. The largest absolute Gasteiger partial charge is 0.356 e. The zero-order valence-electron chi connectivity index (χ0n) is 19.6. The number of rotatable bonds is 6. The first kappa shape index (κ1) is 24.4. The molecule has 2 aliphatic heterocycles. The smallest absolute Gasteiger partial charge is 0.244 e. The van der Waals surface area contributed by atoms with E-state index in [9.17, 15) is 30.8 Å². The quantitative estimate of drug-likeness (QED) is 0.567. The van der Waals surface area contributed by atoms with Gasteiger partial charge in [0.05, 0.1) is 33.6 Å². The molecule has 0 saturated heterocycles. The maximum absolute atomic E-state index is 14.1. The molecule has 9 nitrogen and oxygen atoms in total. The first-order valence-corrected chi connectivity index (χ1v) is 14.7. The van der Waals surface area contributed by atoms with Crippen molar-refractivity contribution in [2.24, 2.45) is 11.8 Å². The molecule has 2 aromatic rings. The lowest BCUT2D eigenvalue weighted by atomic mass is 9.87. The molecule has 36 heavy (non-hydrogen) atoms. The van der Waals surface area contributed by atoms with Crippen LogP contribution in [0, 0.1) is 17.7 Å². The van der Waals surface area contributed by atoms with Crippen LogP contribution in [0.15, 0.2) is 52.4 Å². The highest BCUT2D eigenvalue weighted by atomic mass is 32.2. The Bertz CT molecular complexity index is 1550. The van der Waals surface area contributed by atoms with Gasteiger partial charge in [-0.1, -0.05) is 12.8 Å². The van der Waals surface area contributed by atoms with Crippen molar-refractivity contribution in [3.8, 4) is 0 Å². The van der Waals surface area contributed by atoms with Crippen molar-refractivity contribution in [2.45, 2.75) is 24.2 Å². The number of hydrogen-bond acceptors (Lipinski definition) is 7. The molecule has 1 fully saturated rings. The molecular formula is C24H24FN3O6S2. The van der Waals surface area contributed by atoms with Crippen LogP contribution in [0.2, 0.25) is 0 Å². The van der Waals surface area contributed by atoms with Crippen molar-refractivity contribution >= 4 is 48.6 Å². The standard InChI is InChI=1S/C24H24FN3O6S2/c1-27(35(2,31)32)16-6-7-18-21(12-16)36(33,34)13-19(26-18)22-23(29)17-11-15(25)5-8-20(17)28(24(22)30)10-9-14-3-4-14/h5-8,11-14,22,26H,3-4,9-10H2,1-2H3. The number of nitrogens with one attached hydrogen (secondary N) is 1. The number of sulfone groups is 1. The van der Waals surface area contributed by atoms with Crippen molar-refractivity contribution < 1.29 is 30.8 Å². The molecule has 0 radical (unpaired) electrons. The molecule has 3 aliphatic rings. The molecule has 0 spiro atoms. The zero-order valence-corrected chi connectivity index (χ0v) is 21.2. The number of halogens is 1. The highest BCUT2D eigenvalue weighted by molar-refractivity contribution is 7.94. The van der Waals surface area contributed by atoms with Gasteiger partial charge in [-0.2, -0.15) is 0 Å². The van der Waals surface area contributed by atoms with Gasteiger partial charge in [-0.15, -0.1) is 0 Å². The number of carbonyl (C=O) groups is 2. The van der Waals surface area contributed by atoms with Crippen molar-refractivity contribution in [1.82, 2.24) is 0 Å². The van der Waals surface area contributed by atoms with E-state index in [4.69, 9.17) is 0 Å². The minimum Gasteiger partial charge on any atom is -0.356 e. The van der Waals surface area contributed by atoms with Gasteiger partial charge in [-0.05, 0) is 48.7 Å². The highest BCUT2D eigenvalue weighted by Gasteiger charge is 2.44. The lowest BCUT2D eigenvalue weighted by molar-refractivity contribution is -0.120. The van der Waals surface area contributed by atoms with Gasteiger partial charge >= 0.3 is 0 Å². The van der Waals surface area contributed by atoms with E-state index in [1.807, 2.05) is 0 Å². The Morgan fingerprint density at radius 2 is 1.86 bits per heavy atom. The molecular weight excluding hydrogens is 509 g/mol. The van der Waals surface area contributed by atoms with E-state index in [-0.39, 0.29) is 27.5 Å². The number of Topliss-reactive ketones (excluding diaryl/α,β-unsaturated/α-hetero) is 1. The minimum atomic E-state index is -4.15. The Morgan fingerprint density at radius 1 is 1.14 bits per heavy atom. The van der Waals surface area contributed by atoms with E-state index in [1.165, 1.54) is 42.3 Å². The third-order valence-electron chi connectivity index (χ3n) is 6.75. The third kappa shape index (κ3) is 4.28. The number of nitrogens with zero attached hydrogens (tertiary/aromatic N) is 2. The number of sulfonamides is 1. The van der Waals surface area contributed by atoms with Gasteiger partial charge in [-0.3, -0.25) is 13.9 Å². The summed E-state index contributed by atoms with van der Waals surface area (Å²) in [6, 6.07) is 7.67. The van der Waals surface area contributed by atoms with Gasteiger partial charge in [-0.25, -0.2) is 21.2 Å². The van der Waals surface area contributed by atoms with Crippen LogP contribution in [0.4, 0.5) is 21.5 Å². The molecule has 190 valence electrons. The second-order valence-corrected chi connectivity index (χ2v) is 13.1. The maximum Gasteiger partial charge on any atom is 0.244 e. The summed E-state index contributed by atoms with van der Waals surface area (Å²) in [5, 5.41) is 3.71. The van der Waals surface area contributed by atoms with Crippen LogP contribution in [0.3, 0.4) is 0 Å². The van der Waals surface area contributed by atoms with Crippen molar-refractivity contribution in [2.75, 3.05) is 34.4 Å². The number of benzene rings is 2. The van der Waals surface area contributed by atoms with Gasteiger partial charge in [0.1, 0.15) is 11.7 Å². The summed E-state index contributed by atoms with van der Waals surface area (Å²) >= 11 is 0. The number of fused-ring (bicyclic) bond motifs is 2. The Balaban J connectivity index is 1.55. The van der Waals surface area contributed by atoms with E-state index in [0.717, 1.165) is 41.3 Å². The summed E-state index contributed by atoms with van der Waals surface area (Å²) in [6.45, 7) is 0.337. The summed E-state index contributed by atoms with van der Waals surface area (Å²) in [6.07, 6.45) is 3.86. The summed E-state index contributed by atoms with van der Waals surface area (Å²) in [5.74, 6) is -2.90. The molecule has 1 N–H and O–H groups in total. The number of hydrogen-bond donors (Lipinski definition) is 1. The predicted octanol–water partition coefficient (Wildman–Crippen LogP) is 2.91. The van der Waals surface area contributed by atoms with Crippen LogP contribution in [-0.2, 0) is 24.7 Å². The highest BCUT2D eigenvalue weighted by Crippen LogP contribution is 2.41. The Morgan fingerprint density at radius 3 is 2.53 bits per heavy atom. The molecule has 0 aromatic heterocycles. The molecule has 2 heterocycles. The fourth-order valence-electron chi connectivity index (χ4n) is 4.50. The predicted molar refractivity (Wildman–Crippen MR) is 132 cm³/mol. The van der Waals surface area contributed by atoms with Crippen molar-refractivity contribution in [3.05, 3.63) is 58.9 Å². The van der Waals surface area contributed by atoms with Gasteiger partial charge in [0.25, 0.3) is 0 Å². The SMILES string of the molecule is CN(c1ccc2c(c1)S(=O)(=O)C=C(C1C(=O)c3cc(F)ccc3N(CCC3CC3)C1=O)N2)S(C)(=O)=O. The fraction of sp³-hybridized carbons (Fsp3) is 0.333. The van der Waals surface area contributed by atoms with Crippen molar-refractivity contribution in [1.29, 1.82) is 0 Å². The molecule has 1 saturated carbocycles. The van der Waals surface area contributed by atoms with E-state index in [0.29, 0.717) is 18.2 Å². The molecule has 2 aromatic carbocycles. The van der Waals surface area contributed by atoms with Gasteiger partial charge in [0, 0.05) is 24.9 Å². The van der Waals surface area contributed by atoms with Crippen molar-refractivity contribution in [3.63, 3.8) is 0 Å². The average molecular weight is 534 g/mol. The van der Waals surface area contributed by atoms with Gasteiger partial charge in [0.15, 0.2) is 5.78 Å². The van der Waals surface area contributed by atoms with Crippen LogP contribution < -0.4 is 14.5 Å². The normalized spacial score (nSPS) is 20.8. The third-order valence-corrected chi connectivity index (χ3v) is 9.47. The molecule has 1 amide bonds. The van der Waals surface area contributed by atoms with Crippen LogP contribution >= 0.6 is 0 Å². The molecule has 1 aliphatic carbocycles. The van der Waals surface area contributed by atoms with Crippen LogP contribution in [0.1, 0.15) is 29.6 Å². The molecule has 1 unspecified atom stereocenters. The van der Waals surface area contributed by atoms with Crippen LogP contribution in [-0.4, -0.2) is 48.4 Å². The van der Waals surface area contributed by atoms with E-state index in [1.54, 1.807) is 0 Å². The van der Waals surface area contributed by atoms with E-state index >= 15 is 0 Å². The molecule has 12 heteroatoms. The number of anilines is 3. The lowest BCUT2D eigenvalue weighted by Gasteiger charge is -2.35. The van der Waals surface area contributed by atoms with E-state index in [2.05, 4.69) is 5.32 Å². The van der Waals surface area contributed by atoms with E-state index < -0.39 is 43.3 Å². The fourth-order valence-corrected chi connectivity index (χ4v) is 6.36. The summed E-state index contributed by atoms with van der Waals surface area (Å²) < 4.78 is 65.2. The van der Waals surface area contributed by atoms with Gasteiger partial charge in [0.2, 0.25) is 25.8 Å². The topological polar surface area (TPSA) is 121 Å². The molecule has 1 atom stereocenters. The summed E-state index contributed by atoms with van der Waals surface area (Å²) in [7, 11) is -6.48. The Hall–Kier alpha value is -3.25. The van der Waals surface area contributed by atoms with Crippen LogP contribution in [0.5, 0.6) is 0 Å². The number of carbonyl (C=O) groups excluding carboxylic acids is 2. The monoisotopic (exact) mass is 533 g/mol. The second kappa shape index (κ2) is 8.41. The second-order valence-electron chi connectivity index (χ2n) is 9.33.